The Morgan fingerprint density at radius 3 is 2.35 bits per heavy atom. The van der Waals surface area contributed by atoms with Gasteiger partial charge in [0.25, 0.3) is 0 Å². The van der Waals surface area contributed by atoms with Gasteiger partial charge in [0.2, 0.25) is 0 Å². The van der Waals surface area contributed by atoms with E-state index in [1.807, 2.05) is 0 Å². The van der Waals surface area contributed by atoms with Crippen molar-refractivity contribution in [1.82, 2.24) is 0 Å². The number of hydrogen-bond acceptors (Lipinski definition) is 2. The number of hydrogen-bond donors (Lipinski definition) is 1. The first-order chi connectivity index (χ1) is 7.98. The van der Waals surface area contributed by atoms with Gasteiger partial charge in [0.15, 0.2) is 0 Å². The van der Waals surface area contributed by atoms with Crippen molar-refractivity contribution in [2.45, 2.75) is 38.0 Å². The zero-order chi connectivity index (χ0) is 12.5. The van der Waals surface area contributed by atoms with Crippen LogP contribution in [-0.2, 0) is 4.74 Å². The summed E-state index contributed by atoms with van der Waals surface area (Å²) in [7, 11) is -1.18. The molecular formula is C14H23NOSi. The maximum absolute atomic E-state index is 6.12. The molecule has 94 valence electrons. The fraction of sp³-hybridized carbons (Fsp3) is 0.571. The van der Waals surface area contributed by atoms with E-state index in [-0.39, 0.29) is 6.04 Å². The van der Waals surface area contributed by atoms with Gasteiger partial charge in [-0.15, -0.1) is 0 Å². The zero-order valence-electron chi connectivity index (χ0n) is 11.1. The molecule has 0 aromatic heterocycles. The summed E-state index contributed by atoms with van der Waals surface area (Å²) in [5.41, 5.74) is 7.50. The van der Waals surface area contributed by atoms with Crippen LogP contribution in [-0.4, -0.2) is 27.3 Å². The Hall–Kier alpha value is -0.643. The molecule has 1 heterocycles. The highest BCUT2D eigenvalue weighted by Crippen LogP contribution is 2.25. The first-order valence-electron chi connectivity index (χ1n) is 6.42. The van der Waals surface area contributed by atoms with Crippen molar-refractivity contribution >= 4 is 13.3 Å². The summed E-state index contributed by atoms with van der Waals surface area (Å²) < 4.78 is 5.39. The molecule has 1 fully saturated rings. The van der Waals surface area contributed by atoms with Crippen LogP contribution in [0.3, 0.4) is 0 Å². The van der Waals surface area contributed by atoms with Crippen LogP contribution in [0.2, 0.25) is 19.6 Å². The van der Waals surface area contributed by atoms with Gasteiger partial charge < -0.3 is 10.5 Å². The first-order valence-corrected chi connectivity index (χ1v) is 9.92. The van der Waals surface area contributed by atoms with E-state index in [1.54, 1.807) is 0 Å². The van der Waals surface area contributed by atoms with E-state index in [4.69, 9.17) is 10.5 Å². The van der Waals surface area contributed by atoms with Crippen LogP contribution in [0.25, 0.3) is 0 Å². The minimum Gasteiger partial charge on any atom is -0.380 e. The third-order valence-electron chi connectivity index (χ3n) is 3.61. The monoisotopic (exact) mass is 249 g/mol. The van der Waals surface area contributed by atoms with Crippen molar-refractivity contribution in [2.24, 2.45) is 5.73 Å². The van der Waals surface area contributed by atoms with Crippen molar-refractivity contribution in [3.63, 3.8) is 0 Å². The highest BCUT2D eigenvalue weighted by Gasteiger charge is 2.24. The molecule has 0 radical (unpaired) electrons. The van der Waals surface area contributed by atoms with Crippen molar-refractivity contribution < 1.29 is 4.74 Å². The Bertz CT molecular complexity index is 369. The molecule has 1 aromatic rings. The molecule has 17 heavy (non-hydrogen) atoms. The summed E-state index contributed by atoms with van der Waals surface area (Å²) in [6.45, 7) is 8.67. The molecule has 1 aliphatic rings. The molecule has 0 bridgehead atoms. The van der Waals surface area contributed by atoms with Gasteiger partial charge in [0.1, 0.15) is 0 Å². The van der Waals surface area contributed by atoms with Gasteiger partial charge in [-0.3, -0.25) is 0 Å². The summed E-state index contributed by atoms with van der Waals surface area (Å²) in [5.74, 6) is 0.472. The molecule has 1 aromatic carbocycles. The molecule has 0 saturated carbocycles. The summed E-state index contributed by atoms with van der Waals surface area (Å²) in [5, 5.41) is 1.52. The lowest BCUT2D eigenvalue weighted by molar-refractivity contribution is 0.0696. The second-order valence-electron chi connectivity index (χ2n) is 6.01. The molecular weight excluding hydrogens is 226 g/mol. The van der Waals surface area contributed by atoms with Crippen molar-refractivity contribution in [3.05, 3.63) is 29.8 Å². The maximum Gasteiger partial charge on any atom is 0.0775 e. The summed E-state index contributed by atoms with van der Waals surface area (Å²) >= 11 is 0. The molecule has 2 rings (SSSR count). The second-order valence-corrected chi connectivity index (χ2v) is 11.1. The van der Waals surface area contributed by atoms with Crippen molar-refractivity contribution in [1.29, 1.82) is 0 Å². The first kappa shape index (κ1) is 12.8. The third-order valence-corrected chi connectivity index (χ3v) is 5.67. The van der Waals surface area contributed by atoms with E-state index in [9.17, 15) is 0 Å². The van der Waals surface area contributed by atoms with Gasteiger partial charge in [-0.25, -0.2) is 0 Å². The van der Waals surface area contributed by atoms with E-state index in [2.05, 4.69) is 43.9 Å². The number of ether oxygens (including phenoxy) is 1. The standard InChI is InChI=1S/C14H23NOSi/c1-17(2,3)12-6-4-11(5-7-12)13-8-9-16-10-14(13)15/h4-7,13-14H,8-10,15H2,1-3H3/t13-,14+/m1/s1. The highest BCUT2D eigenvalue weighted by atomic mass is 28.3. The molecule has 0 unspecified atom stereocenters. The Morgan fingerprint density at radius 2 is 1.82 bits per heavy atom. The van der Waals surface area contributed by atoms with Crippen molar-refractivity contribution in [3.8, 4) is 0 Å². The van der Waals surface area contributed by atoms with Crippen LogP contribution < -0.4 is 10.9 Å². The molecule has 2 nitrogen and oxygen atoms in total. The van der Waals surface area contributed by atoms with Crippen LogP contribution in [0, 0.1) is 0 Å². The summed E-state index contributed by atoms with van der Waals surface area (Å²) in [6.07, 6.45) is 1.05. The van der Waals surface area contributed by atoms with Crippen LogP contribution in [0.5, 0.6) is 0 Å². The second kappa shape index (κ2) is 4.92. The third kappa shape index (κ3) is 2.97. The Morgan fingerprint density at radius 1 is 1.18 bits per heavy atom. The smallest absolute Gasteiger partial charge is 0.0775 e. The molecule has 1 aliphatic heterocycles. The van der Waals surface area contributed by atoms with Gasteiger partial charge in [0, 0.05) is 18.6 Å². The van der Waals surface area contributed by atoms with Crippen LogP contribution >= 0.6 is 0 Å². The molecule has 2 atom stereocenters. The van der Waals surface area contributed by atoms with Crippen LogP contribution in [0.15, 0.2) is 24.3 Å². The van der Waals surface area contributed by atoms with Gasteiger partial charge in [0.05, 0.1) is 14.7 Å². The largest absolute Gasteiger partial charge is 0.380 e. The predicted molar refractivity (Wildman–Crippen MR) is 75.6 cm³/mol. The highest BCUT2D eigenvalue weighted by molar-refractivity contribution is 6.88. The molecule has 3 heteroatoms. The fourth-order valence-electron chi connectivity index (χ4n) is 2.40. The molecule has 0 amide bonds. The Balaban J connectivity index is 2.17. The molecule has 0 spiro atoms. The molecule has 2 N–H and O–H groups in total. The lowest BCUT2D eigenvalue weighted by Crippen LogP contribution is -2.39. The quantitative estimate of drug-likeness (QED) is 0.814. The van der Waals surface area contributed by atoms with Gasteiger partial charge in [-0.05, 0) is 12.0 Å². The number of benzene rings is 1. The fourth-order valence-corrected chi connectivity index (χ4v) is 3.57. The predicted octanol–water partition coefficient (Wildman–Crippen LogP) is 2.06. The van der Waals surface area contributed by atoms with Gasteiger partial charge in [-0.2, -0.15) is 0 Å². The van der Waals surface area contributed by atoms with E-state index in [1.165, 1.54) is 10.8 Å². The topological polar surface area (TPSA) is 35.2 Å². The minimum absolute atomic E-state index is 0.154. The lowest BCUT2D eigenvalue weighted by Gasteiger charge is -2.29. The molecule has 1 saturated heterocycles. The van der Waals surface area contributed by atoms with Crippen LogP contribution in [0.1, 0.15) is 17.9 Å². The van der Waals surface area contributed by atoms with Crippen molar-refractivity contribution in [2.75, 3.05) is 13.2 Å². The van der Waals surface area contributed by atoms with Gasteiger partial charge >= 0.3 is 0 Å². The summed E-state index contributed by atoms with van der Waals surface area (Å²) in [6, 6.07) is 9.28. The van der Waals surface area contributed by atoms with E-state index < -0.39 is 8.07 Å². The SMILES string of the molecule is C[Si](C)(C)c1ccc([C@H]2CCOC[C@@H]2N)cc1. The number of nitrogens with two attached hydrogens (primary N) is 1. The van der Waals surface area contributed by atoms with E-state index >= 15 is 0 Å². The van der Waals surface area contributed by atoms with E-state index in [0.29, 0.717) is 12.5 Å². The zero-order valence-corrected chi connectivity index (χ0v) is 12.1. The number of rotatable bonds is 2. The van der Waals surface area contributed by atoms with Crippen LogP contribution in [0.4, 0.5) is 0 Å². The lowest BCUT2D eigenvalue weighted by atomic mass is 9.88. The molecule has 0 aliphatic carbocycles. The Labute approximate surface area is 105 Å². The summed E-state index contributed by atoms with van der Waals surface area (Å²) in [4.78, 5) is 0. The average molecular weight is 249 g/mol. The van der Waals surface area contributed by atoms with Gasteiger partial charge in [-0.1, -0.05) is 49.1 Å². The normalized spacial score (nSPS) is 25.9. The average Bonchev–Trinajstić information content (AvgIpc) is 2.29. The van der Waals surface area contributed by atoms with E-state index in [0.717, 1.165) is 13.0 Å². The maximum atomic E-state index is 6.12. The minimum atomic E-state index is -1.18. The Kier molecular flexibility index (Phi) is 3.71.